The van der Waals surface area contributed by atoms with Crippen LogP contribution in [-0.2, 0) is 13.1 Å². The zero-order valence-electron chi connectivity index (χ0n) is 11.1. The molecule has 0 bridgehead atoms. The average molecular weight is 244 g/mol. The highest BCUT2D eigenvalue weighted by Crippen LogP contribution is 2.31. The molecule has 0 radical (unpaired) electrons. The van der Waals surface area contributed by atoms with Gasteiger partial charge in [0.15, 0.2) is 0 Å². The molecule has 1 heterocycles. The summed E-state index contributed by atoms with van der Waals surface area (Å²) in [4.78, 5) is 2.62. The van der Waals surface area contributed by atoms with Crippen LogP contribution in [0.3, 0.4) is 0 Å². The van der Waals surface area contributed by atoms with Gasteiger partial charge in [-0.05, 0) is 55.2 Å². The fourth-order valence-electron chi connectivity index (χ4n) is 3.55. The van der Waals surface area contributed by atoms with E-state index in [0.717, 1.165) is 31.5 Å². The molecule has 0 amide bonds. The van der Waals surface area contributed by atoms with Crippen LogP contribution >= 0.6 is 0 Å². The maximum atomic E-state index is 5.76. The van der Waals surface area contributed by atoms with Gasteiger partial charge in [-0.25, -0.2) is 0 Å². The molecule has 0 aromatic heterocycles. The van der Waals surface area contributed by atoms with E-state index in [1.165, 1.54) is 43.4 Å². The van der Waals surface area contributed by atoms with Gasteiger partial charge in [-0.1, -0.05) is 24.3 Å². The second-order valence-electron chi connectivity index (χ2n) is 6.06. The first-order valence-electron chi connectivity index (χ1n) is 7.34. The molecule has 3 rings (SSSR count). The lowest BCUT2D eigenvalue weighted by Gasteiger charge is -2.30. The monoisotopic (exact) mass is 244 g/mol. The van der Waals surface area contributed by atoms with E-state index >= 15 is 0 Å². The van der Waals surface area contributed by atoms with Crippen LogP contribution < -0.4 is 5.73 Å². The molecule has 2 nitrogen and oxygen atoms in total. The molecule has 98 valence electrons. The second-order valence-corrected chi connectivity index (χ2v) is 6.06. The molecule has 1 aliphatic heterocycles. The third kappa shape index (κ3) is 2.60. The number of fused-ring (bicyclic) bond motifs is 1. The van der Waals surface area contributed by atoms with Crippen LogP contribution in [-0.4, -0.2) is 18.0 Å². The van der Waals surface area contributed by atoms with Gasteiger partial charge < -0.3 is 5.73 Å². The van der Waals surface area contributed by atoms with E-state index in [4.69, 9.17) is 5.73 Å². The summed E-state index contributed by atoms with van der Waals surface area (Å²) in [5.74, 6) is 1.71. The largest absolute Gasteiger partial charge is 0.330 e. The maximum absolute atomic E-state index is 5.76. The van der Waals surface area contributed by atoms with E-state index in [-0.39, 0.29) is 0 Å². The van der Waals surface area contributed by atoms with Crippen molar-refractivity contribution in [3.05, 3.63) is 35.4 Å². The van der Waals surface area contributed by atoms with Crippen LogP contribution in [0.2, 0.25) is 0 Å². The summed E-state index contributed by atoms with van der Waals surface area (Å²) in [5, 5.41) is 0. The Morgan fingerprint density at radius 1 is 0.944 bits per heavy atom. The van der Waals surface area contributed by atoms with Gasteiger partial charge in [0.2, 0.25) is 0 Å². The van der Waals surface area contributed by atoms with Crippen LogP contribution in [0.15, 0.2) is 24.3 Å². The van der Waals surface area contributed by atoms with E-state index in [0.29, 0.717) is 0 Å². The van der Waals surface area contributed by atoms with Crippen LogP contribution in [0.4, 0.5) is 0 Å². The predicted octanol–water partition coefficient (Wildman–Crippen LogP) is 2.77. The number of hydrogen-bond acceptors (Lipinski definition) is 2. The minimum Gasteiger partial charge on any atom is -0.330 e. The fraction of sp³-hybridized carbons (Fsp3) is 0.625. The van der Waals surface area contributed by atoms with Crippen molar-refractivity contribution < 1.29 is 0 Å². The van der Waals surface area contributed by atoms with Gasteiger partial charge in [-0.3, -0.25) is 4.90 Å². The molecule has 0 spiro atoms. The van der Waals surface area contributed by atoms with Crippen molar-refractivity contribution in [3.63, 3.8) is 0 Å². The summed E-state index contributed by atoms with van der Waals surface area (Å²) in [6, 6.07) is 8.88. The SMILES string of the molecule is NCC1CCC(CN2Cc3ccccc3C2)CC1. The van der Waals surface area contributed by atoms with Crippen molar-refractivity contribution in [1.29, 1.82) is 0 Å². The molecular weight excluding hydrogens is 220 g/mol. The Hall–Kier alpha value is -0.860. The van der Waals surface area contributed by atoms with Crippen molar-refractivity contribution in [2.45, 2.75) is 38.8 Å². The smallest absolute Gasteiger partial charge is 0.0240 e. The topological polar surface area (TPSA) is 29.3 Å². The molecule has 1 aromatic rings. The highest BCUT2D eigenvalue weighted by atomic mass is 15.1. The second kappa shape index (κ2) is 5.41. The van der Waals surface area contributed by atoms with Gasteiger partial charge >= 0.3 is 0 Å². The lowest BCUT2D eigenvalue weighted by atomic mass is 9.82. The molecule has 1 aliphatic carbocycles. The molecular formula is C16H24N2. The zero-order chi connectivity index (χ0) is 12.4. The van der Waals surface area contributed by atoms with Crippen LogP contribution in [0.25, 0.3) is 0 Å². The molecule has 0 saturated heterocycles. The van der Waals surface area contributed by atoms with E-state index < -0.39 is 0 Å². The van der Waals surface area contributed by atoms with Crippen molar-refractivity contribution in [1.82, 2.24) is 4.90 Å². The van der Waals surface area contributed by atoms with Gasteiger partial charge in [0.1, 0.15) is 0 Å². The zero-order valence-corrected chi connectivity index (χ0v) is 11.1. The van der Waals surface area contributed by atoms with Crippen molar-refractivity contribution in [2.75, 3.05) is 13.1 Å². The predicted molar refractivity (Wildman–Crippen MR) is 75.1 cm³/mol. The first-order valence-corrected chi connectivity index (χ1v) is 7.34. The van der Waals surface area contributed by atoms with Crippen LogP contribution in [0.1, 0.15) is 36.8 Å². The Balaban J connectivity index is 1.51. The molecule has 1 saturated carbocycles. The first kappa shape index (κ1) is 12.2. The average Bonchev–Trinajstić information content (AvgIpc) is 2.82. The Labute approximate surface area is 110 Å². The van der Waals surface area contributed by atoms with Gasteiger partial charge in [0.05, 0.1) is 0 Å². The summed E-state index contributed by atoms with van der Waals surface area (Å²) >= 11 is 0. The van der Waals surface area contributed by atoms with Gasteiger partial charge in [-0.2, -0.15) is 0 Å². The molecule has 2 N–H and O–H groups in total. The van der Waals surface area contributed by atoms with Gasteiger partial charge in [0, 0.05) is 19.6 Å². The lowest BCUT2D eigenvalue weighted by Crippen LogP contribution is -2.29. The number of nitrogens with zero attached hydrogens (tertiary/aromatic N) is 1. The number of benzene rings is 1. The minimum atomic E-state index is 0.803. The van der Waals surface area contributed by atoms with E-state index in [1.54, 1.807) is 0 Å². The quantitative estimate of drug-likeness (QED) is 0.886. The van der Waals surface area contributed by atoms with Crippen LogP contribution in [0, 0.1) is 11.8 Å². The van der Waals surface area contributed by atoms with Crippen molar-refractivity contribution in [2.24, 2.45) is 17.6 Å². The first-order chi connectivity index (χ1) is 8.85. The Morgan fingerprint density at radius 2 is 1.50 bits per heavy atom. The Kier molecular flexibility index (Phi) is 3.67. The van der Waals surface area contributed by atoms with Gasteiger partial charge in [0.25, 0.3) is 0 Å². The molecule has 0 atom stereocenters. The standard InChI is InChI=1S/C16H24N2/c17-9-13-5-7-14(8-6-13)10-18-11-15-3-1-2-4-16(15)12-18/h1-4,13-14H,5-12,17H2. The molecule has 0 unspecified atom stereocenters. The molecule has 2 aliphatic rings. The summed E-state index contributed by atoms with van der Waals surface area (Å²) in [6.07, 6.45) is 5.47. The Bertz CT molecular complexity index is 369. The number of nitrogens with two attached hydrogens (primary N) is 1. The fourth-order valence-corrected chi connectivity index (χ4v) is 3.55. The number of hydrogen-bond donors (Lipinski definition) is 1. The van der Waals surface area contributed by atoms with Gasteiger partial charge in [-0.15, -0.1) is 0 Å². The van der Waals surface area contributed by atoms with Crippen molar-refractivity contribution >= 4 is 0 Å². The lowest BCUT2D eigenvalue weighted by molar-refractivity contribution is 0.183. The third-order valence-corrected chi connectivity index (χ3v) is 4.72. The third-order valence-electron chi connectivity index (χ3n) is 4.72. The minimum absolute atomic E-state index is 0.803. The normalized spacial score (nSPS) is 28.3. The summed E-state index contributed by atoms with van der Waals surface area (Å²) in [7, 11) is 0. The number of rotatable bonds is 3. The molecule has 1 fully saturated rings. The maximum Gasteiger partial charge on any atom is 0.0240 e. The Morgan fingerprint density at radius 3 is 2.06 bits per heavy atom. The van der Waals surface area contributed by atoms with Crippen molar-refractivity contribution in [3.8, 4) is 0 Å². The van der Waals surface area contributed by atoms with E-state index in [9.17, 15) is 0 Å². The molecule has 2 heteroatoms. The van der Waals surface area contributed by atoms with E-state index in [2.05, 4.69) is 29.2 Å². The van der Waals surface area contributed by atoms with Crippen LogP contribution in [0.5, 0.6) is 0 Å². The van der Waals surface area contributed by atoms with E-state index in [1.807, 2.05) is 0 Å². The molecule has 18 heavy (non-hydrogen) atoms. The highest BCUT2D eigenvalue weighted by molar-refractivity contribution is 5.30. The summed E-state index contributed by atoms with van der Waals surface area (Å²) in [5.41, 5.74) is 8.83. The highest BCUT2D eigenvalue weighted by Gasteiger charge is 2.25. The summed E-state index contributed by atoms with van der Waals surface area (Å²) in [6.45, 7) is 4.49. The molecule has 1 aromatic carbocycles. The summed E-state index contributed by atoms with van der Waals surface area (Å²) < 4.78 is 0.